The van der Waals surface area contributed by atoms with E-state index in [0.29, 0.717) is 0 Å². The summed E-state index contributed by atoms with van der Waals surface area (Å²) in [6.07, 6.45) is 9.07. The van der Waals surface area contributed by atoms with Crippen LogP contribution in [0.5, 0.6) is 0 Å². The van der Waals surface area contributed by atoms with Crippen LogP contribution in [0.15, 0.2) is 65.9 Å². The predicted molar refractivity (Wildman–Crippen MR) is 144 cm³/mol. The minimum Gasteiger partial charge on any atom is -0.403 e. The monoisotopic (exact) mass is 460 g/mol. The minimum absolute atomic E-state index is 0.182. The van der Waals surface area contributed by atoms with E-state index in [1.807, 2.05) is 0 Å². The first-order chi connectivity index (χ1) is 15.6. The summed E-state index contributed by atoms with van der Waals surface area (Å²) < 4.78 is 13.2. The average molecular weight is 461 g/mol. The summed E-state index contributed by atoms with van der Waals surface area (Å²) in [6.45, 7) is 13.7. The van der Waals surface area contributed by atoms with Gasteiger partial charge in [0.15, 0.2) is 0 Å². The highest BCUT2D eigenvalue weighted by Crippen LogP contribution is 2.48. The van der Waals surface area contributed by atoms with Crippen LogP contribution in [0.4, 0.5) is 0 Å². The highest BCUT2D eigenvalue weighted by atomic mass is 28.3. The van der Waals surface area contributed by atoms with Crippen molar-refractivity contribution < 1.29 is 9.31 Å². The number of rotatable bonds is 6. The first-order valence-corrected chi connectivity index (χ1v) is 15.5. The van der Waals surface area contributed by atoms with Gasteiger partial charge in [0.2, 0.25) is 0 Å². The van der Waals surface area contributed by atoms with E-state index in [1.54, 1.807) is 5.20 Å². The summed E-state index contributed by atoms with van der Waals surface area (Å²) >= 11 is 0. The first-order valence-electron chi connectivity index (χ1n) is 12.7. The van der Waals surface area contributed by atoms with Crippen LogP contribution in [-0.2, 0) is 9.31 Å². The van der Waals surface area contributed by atoms with Crippen molar-refractivity contribution in [1.29, 1.82) is 0 Å². The fourth-order valence-electron chi connectivity index (χ4n) is 5.89. The second kappa shape index (κ2) is 9.20. The molecule has 0 N–H and O–H groups in total. The fraction of sp³-hybridized carbons (Fsp3) is 0.517. The lowest BCUT2D eigenvalue weighted by molar-refractivity contribution is 0.00578. The van der Waals surface area contributed by atoms with Gasteiger partial charge in [-0.3, -0.25) is 0 Å². The molecule has 1 heterocycles. The number of hydrogen-bond donors (Lipinski definition) is 0. The average Bonchev–Trinajstić information content (AvgIpc) is 2.99. The standard InChI is InChI=1S/C29H41BO2Si/c1-27(2)28(3,4)32-30(31-27)23-33(6,25-18-12-8-13-19-25)26(22-24-16-10-7-11-17-24)29(5)20-14-9-15-21-29/h7-8,10-13,16-19,22H,9,14-15,20-21,23H2,1-6H3/b26-22+. The van der Waals surface area contributed by atoms with Crippen molar-refractivity contribution in [1.82, 2.24) is 0 Å². The summed E-state index contributed by atoms with van der Waals surface area (Å²) in [5.41, 5.74) is 0.917. The Hall–Kier alpha value is -1.62. The molecule has 0 radical (unpaired) electrons. The molecule has 2 aliphatic rings. The van der Waals surface area contributed by atoms with Crippen molar-refractivity contribution in [2.24, 2.45) is 5.41 Å². The van der Waals surface area contributed by atoms with Gasteiger partial charge in [-0.15, -0.1) is 0 Å². The zero-order chi connectivity index (χ0) is 23.7. The maximum atomic E-state index is 6.59. The molecular formula is C29H41BO2Si. The molecule has 1 saturated carbocycles. The molecule has 176 valence electrons. The fourth-order valence-corrected chi connectivity index (χ4v) is 10.5. The molecule has 1 aliphatic heterocycles. The van der Waals surface area contributed by atoms with Gasteiger partial charge in [0.25, 0.3) is 0 Å². The quantitative estimate of drug-likeness (QED) is 0.425. The molecular weight excluding hydrogens is 419 g/mol. The van der Waals surface area contributed by atoms with Crippen LogP contribution in [0.2, 0.25) is 12.5 Å². The number of hydrogen-bond acceptors (Lipinski definition) is 2. The van der Waals surface area contributed by atoms with Crippen LogP contribution in [-0.4, -0.2) is 26.4 Å². The molecule has 0 bridgehead atoms. The molecule has 33 heavy (non-hydrogen) atoms. The Kier molecular flexibility index (Phi) is 6.83. The van der Waals surface area contributed by atoms with Gasteiger partial charge in [0.1, 0.15) is 8.07 Å². The largest absolute Gasteiger partial charge is 0.455 e. The summed E-state index contributed by atoms with van der Waals surface area (Å²) in [5.74, 6) is 0.943. The lowest BCUT2D eigenvalue weighted by atomic mass is 9.75. The maximum Gasteiger partial charge on any atom is 0.455 e. The third-order valence-electron chi connectivity index (χ3n) is 8.60. The Balaban J connectivity index is 1.83. The molecule has 2 aromatic carbocycles. The second-order valence-corrected chi connectivity index (χ2v) is 15.9. The van der Waals surface area contributed by atoms with Gasteiger partial charge in [-0.25, -0.2) is 0 Å². The van der Waals surface area contributed by atoms with E-state index in [0.717, 1.165) is 5.94 Å². The summed E-state index contributed by atoms with van der Waals surface area (Å²) in [4.78, 5) is 0. The Labute approximate surface area is 202 Å². The molecule has 2 fully saturated rings. The second-order valence-electron chi connectivity index (χ2n) is 11.7. The van der Waals surface area contributed by atoms with E-state index in [-0.39, 0.29) is 23.7 Å². The Morgan fingerprint density at radius 1 is 0.818 bits per heavy atom. The molecule has 1 unspecified atom stereocenters. The van der Waals surface area contributed by atoms with Crippen molar-refractivity contribution >= 4 is 26.5 Å². The molecule has 1 atom stereocenters. The van der Waals surface area contributed by atoms with E-state index in [4.69, 9.17) is 9.31 Å². The number of allylic oxidation sites excluding steroid dienone is 1. The molecule has 0 amide bonds. The van der Waals surface area contributed by atoms with Crippen LogP contribution in [0, 0.1) is 5.41 Å². The lowest BCUT2D eigenvalue weighted by Gasteiger charge is -2.45. The van der Waals surface area contributed by atoms with Gasteiger partial charge in [-0.2, -0.15) is 0 Å². The molecule has 1 aliphatic carbocycles. The van der Waals surface area contributed by atoms with Crippen molar-refractivity contribution in [3.05, 3.63) is 71.4 Å². The van der Waals surface area contributed by atoms with Crippen LogP contribution >= 0.6 is 0 Å². The van der Waals surface area contributed by atoms with Gasteiger partial charge in [-0.05, 0) is 57.5 Å². The van der Waals surface area contributed by atoms with E-state index in [9.17, 15) is 0 Å². The van der Waals surface area contributed by atoms with Gasteiger partial charge < -0.3 is 9.31 Å². The maximum absolute atomic E-state index is 6.59. The highest BCUT2D eigenvalue weighted by molar-refractivity contribution is 7.02. The van der Waals surface area contributed by atoms with Crippen LogP contribution in [0.1, 0.15) is 72.3 Å². The number of benzene rings is 2. The third kappa shape index (κ3) is 4.94. The zero-order valence-electron chi connectivity index (χ0n) is 21.5. The molecule has 1 saturated heterocycles. The third-order valence-corrected chi connectivity index (χ3v) is 13.3. The Morgan fingerprint density at radius 2 is 1.33 bits per heavy atom. The van der Waals surface area contributed by atoms with Crippen molar-refractivity contribution in [3.63, 3.8) is 0 Å². The summed E-state index contributed by atoms with van der Waals surface area (Å²) in [7, 11) is -2.36. The lowest BCUT2D eigenvalue weighted by Crippen LogP contribution is -2.54. The SMILES string of the molecule is CC1(/C(=C\c2ccccc2)[Si](C)(CB2OC(C)(C)C(C)(C)O2)c2ccccc2)CCCCC1. The molecule has 4 heteroatoms. The van der Waals surface area contributed by atoms with E-state index in [2.05, 4.69) is 108 Å². The predicted octanol–water partition coefficient (Wildman–Crippen LogP) is 7.20. The molecule has 0 spiro atoms. The van der Waals surface area contributed by atoms with Gasteiger partial charge >= 0.3 is 7.12 Å². The van der Waals surface area contributed by atoms with Crippen molar-refractivity contribution in [2.45, 2.75) is 90.4 Å². The summed E-state index contributed by atoms with van der Waals surface area (Å²) in [5, 5.41) is 3.13. The van der Waals surface area contributed by atoms with Gasteiger partial charge in [0.05, 0.1) is 11.2 Å². The van der Waals surface area contributed by atoms with E-state index < -0.39 is 8.07 Å². The normalized spacial score (nSPS) is 23.8. The Bertz CT molecular complexity index is 948. The van der Waals surface area contributed by atoms with Crippen molar-refractivity contribution in [3.8, 4) is 0 Å². The topological polar surface area (TPSA) is 18.5 Å². The Morgan fingerprint density at radius 3 is 1.88 bits per heavy atom. The minimum atomic E-state index is -2.18. The van der Waals surface area contributed by atoms with Crippen molar-refractivity contribution in [2.75, 3.05) is 0 Å². The zero-order valence-corrected chi connectivity index (χ0v) is 22.5. The first kappa shape index (κ1) is 24.5. The van der Waals surface area contributed by atoms with Crippen LogP contribution in [0.25, 0.3) is 6.08 Å². The molecule has 4 rings (SSSR count). The van der Waals surface area contributed by atoms with Crippen LogP contribution < -0.4 is 5.19 Å². The summed E-state index contributed by atoms with van der Waals surface area (Å²) in [6, 6.07) is 22.2. The molecule has 2 nitrogen and oxygen atoms in total. The highest BCUT2D eigenvalue weighted by Gasteiger charge is 2.55. The molecule has 0 aromatic heterocycles. The van der Waals surface area contributed by atoms with E-state index >= 15 is 0 Å². The smallest absolute Gasteiger partial charge is 0.403 e. The van der Waals surface area contributed by atoms with Gasteiger partial charge in [0, 0.05) is 0 Å². The molecule has 2 aromatic rings. The van der Waals surface area contributed by atoms with E-state index in [1.165, 1.54) is 42.9 Å². The van der Waals surface area contributed by atoms with Gasteiger partial charge in [-0.1, -0.05) is 110 Å². The van der Waals surface area contributed by atoms with Crippen LogP contribution in [0.3, 0.4) is 0 Å².